The molecule has 112 valence electrons. The fourth-order valence-corrected chi connectivity index (χ4v) is 4.42. The van der Waals surface area contributed by atoms with Gasteiger partial charge in [-0.25, -0.2) is 13.1 Å². The molecule has 0 aromatic heterocycles. The predicted octanol–water partition coefficient (Wildman–Crippen LogP) is 2.01. The molecule has 2 N–H and O–H groups in total. The van der Waals surface area contributed by atoms with Crippen molar-refractivity contribution in [2.45, 2.75) is 50.7 Å². The predicted molar refractivity (Wildman–Crippen MR) is 80.0 cm³/mol. The topological polar surface area (TPSA) is 66.4 Å². The average molecular weight is 297 g/mol. The minimum absolute atomic E-state index is 0.0558. The summed E-state index contributed by atoms with van der Waals surface area (Å²) in [5, 5.41) is 9.86. The van der Waals surface area contributed by atoms with E-state index in [4.69, 9.17) is 0 Å². The summed E-state index contributed by atoms with van der Waals surface area (Å²) < 4.78 is 27.1. The Hall–Kier alpha value is -0.910. The molecule has 0 saturated heterocycles. The molecule has 0 heterocycles. The van der Waals surface area contributed by atoms with Crippen LogP contribution in [0.4, 0.5) is 0 Å². The van der Waals surface area contributed by atoms with Crippen LogP contribution in [0.5, 0.6) is 0 Å². The molecule has 0 radical (unpaired) electrons. The average Bonchev–Trinajstić information content (AvgIpc) is 2.41. The van der Waals surface area contributed by atoms with E-state index in [-0.39, 0.29) is 17.7 Å². The number of sulfonamides is 1. The largest absolute Gasteiger partial charge is 0.391 e. The van der Waals surface area contributed by atoms with E-state index in [0.29, 0.717) is 6.42 Å². The number of hydrogen-bond acceptors (Lipinski definition) is 3. The van der Waals surface area contributed by atoms with Gasteiger partial charge in [-0.2, -0.15) is 0 Å². The van der Waals surface area contributed by atoms with Crippen molar-refractivity contribution >= 4 is 10.0 Å². The molecule has 1 aromatic carbocycles. The van der Waals surface area contributed by atoms with Gasteiger partial charge < -0.3 is 5.11 Å². The molecule has 1 saturated carbocycles. The van der Waals surface area contributed by atoms with Crippen molar-refractivity contribution in [2.24, 2.45) is 0 Å². The minimum Gasteiger partial charge on any atom is -0.391 e. The van der Waals surface area contributed by atoms with Gasteiger partial charge in [-0.1, -0.05) is 50.1 Å². The van der Waals surface area contributed by atoms with Gasteiger partial charge in [-0.15, -0.1) is 0 Å². The van der Waals surface area contributed by atoms with Gasteiger partial charge in [0.1, 0.15) is 0 Å². The Morgan fingerprint density at radius 3 is 2.55 bits per heavy atom. The molecule has 1 unspecified atom stereocenters. The fourth-order valence-electron chi connectivity index (χ4n) is 2.73. The third-order valence-electron chi connectivity index (χ3n) is 3.90. The van der Waals surface area contributed by atoms with Gasteiger partial charge in [-0.05, 0) is 24.3 Å². The second-order valence-corrected chi connectivity index (χ2v) is 7.47. The lowest BCUT2D eigenvalue weighted by Crippen LogP contribution is -2.46. The maximum absolute atomic E-state index is 12.2. The molecule has 2 rings (SSSR count). The van der Waals surface area contributed by atoms with Crippen LogP contribution in [0.3, 0.4) is 0 Å². The van der Waals surface area contributed by atoms with Crippen LogP contribution in [-0.2, 0) is 10.0 Å². The van der Waals surface area contributed by atoms with E-state index < -0.39 is 16.1 Å². The molecule has 4 nitrogen and oxygen atoms in total. The van der Waals surface area contributed by atoms with Gasteiger partial charge in [0, 0.05) is 6.04 Å². The smallest absolute Gasteiger partial charge is 0.212 e. The Kier molecular flexibility index (Phi) is 5.18. The monoisotopic (exact) mass is 297 g/mol. The first kappa shape index (κ1) is 15.5. The van der Waals surface area contributed by atoms with Crippen LogP contribution in [-0.4, -0.2) is 31.4 Å². The second kappa shape index (κ2) is 6.70. The van der Waals surface area contributed by atoms with Crippen LogP contribution in [0.25, 0.3) is 0 Å². The summed E-state index contributed by atoms with van der Waals surface area (Å²) in [6, 6.07) is 9.30. The quantitative estimate of drug-likeness (QED) is 0.873. The van der Waals surface area contributed by atoms with Gasteiger partial charge >= 0.3 is 0 Å². The van der Waals surface area contributed by atoms with E-state index in [0.717, 1.165) is 24.8 Å². The Balaban J connectivity index is 1.97. The zero-order valence-electron chi connectivity index (χ0n) is 11.8. The molecule has 0 aliphatic heterocycles. The van der Waals surface area contributed by atoms with Crippen LogP contribution in [0.2, 0.25) is 0 Å². The molecule has 0 bridgehead atoms. The van der Waals surface area contributed by atoms with Crippen molar-refractivity contribution in [3.8, 4) is 0 Å². The number of benzene rings is 1. The molecule has 20 heavy (non-hydrogen) atoms. The van der Waals surface area contributed by atoms with Crippen molar-refractivity contribution < 1.29 is 13.5 Å². The molecular formula is C15H23NO3S. The molecule has 3 atom stereocenters. The number of nitrogens with one attached hydrogen (secondary N) is 1. The highest BCUT2D eigenvalue weighted by Gasteiger charge is 2.28. The number of hydrogen-bond donors (Lipinski definition) is 2. The minimum atomic E-state index is -3.37. The highest BCUT2D eigenvalue weighted by Crippen LogP contribution is 2.21. The first-order valence-electron chi connectivity index (χ1n) is 7.21. The van der Waals surface area contributed by atoms with Gasteiger partial charge in [0.15, 0.2) is 0 Å². The zero-order chi connectivity index (χ0) is 14.6. The van der Waals surface area contributed by atoms with Crippen molar-refractivity contribution in [3.05, 3.63) is 35.9 Å². The molecule has 1 fully saturated rings. The normalized spacial score (nSPS) is 25.3. The zero-order valence-corrected chi connectivity index (χ0v) is 12.6. The highest BCUT2D eigenvalue weighted by molar-refractivity contribution is 7.89. The van der Waals surface area contributed by atoms with Crippen molar-refractivity contribution in [3.63, 3.8) is 0 Å². The SMILES string of the molecule is CC(CS(=O)(=O)N[C@H]1CCCC[C@@H]1O)c1ccccc1. The lowest BCUT2D eigenvalue weighted by Gasteiger charge is -2.28. The molecule has 0 spiro atoms. The van der Waals surface area contributed by atoms with Crippen LogP contribution in [0.15, 0.2) is 30.3 Å². The fraction of sp³-hybridized carbons (Fsp3) is 0.600. The summed E-state index contributed by atoms with van der Waals surface area (Å²) in [6.07, 6.45) is 2.80. The van der Waals surface area contributed by atoms with Gasteiger partial charge in [-0.3, -0.25) is 0 Å². The Morgan fingerprint density at radius 2 is 1.90 bits per heavy atom. The van der Waals surface area contributed by atoms with Crippen LogP contribution >= 0.6 is 0 Å². The van der Waals surface area contributed by atoms with Crippen LogP contribution in [0, 0.1) is 0 Å². The third-order valence-corrected chi connectivity index (χ3v) is 5.50. The molecule has 5 heteroatoms. The van der Waals surface area contributed by atoms with Crippen LogP contribution < -0.4 is 4.72 Å². The Labute approximate surface area is 121 Å². The van der Waals surface area contributed by atoms with Gasteiger partial charge in [0.25, 0.3) is 0 Å². The van der Waals surface area contributed by atoms with Gasteiger partial charge in [0.05, 0.1) is 11.9 Å². The van der Waals surface area contributed by atoms with Crippen molar-refractivity contribution in [1.82, 2.24) is 4.72 Å². The lowest BCUT2D eigenvalue weighted by molar-refractivity contribution is 0.101. The Bertz CT molecular complexity index is 515. The molecule has 0 amide bonds. The van der Waals surface area contributed by atoms with E-state index >= 15 is 0 Å². The first-order chi connectivity index (χ1) is 9.48. The highest BCUT2D eigenvalue weighted by atomic mass is 32.2. The standard InChI is InChI=1S/C15H23NO3S/c1-12(13-7-3-2-4-8-13)11-20(18,19)16-14-9-5-6-10-15(14)17/h2-4,7-8,12,14-17H,5-6,9-11H2,1H3/t12?,14-,15-/m0/s1. The van der Waals surface area contributed by atoms with E-state index in [1.54, 1.807) is 0 Å². The van der Waals surface area contributed by atoms with Crippen molar-refractivity contribution in [1.29, 1.82) is 0 Å². The maximum atomic E-state index is 12.2. The van der Waals surface area contributed by atoms with E-state index in [1.165, 1.54) is 0 Å². The second-order valence-electron chi connectivity index (χ2n) is 5.67. The third kappa shape index (κ3) is 4.30. The summed E-state index contributed by atoms with van der Waals surface area (Å²) in [7, 11) is -3.37. The van der Waals surface area contributed by atoms with E-state index in [2.05, 4.69) is 4.72 Å². The summed E-state index contributed by atoms with van der Waals surface area (Å²) in [5.74, 6) is -0.00492. The van der Waals surface area contributed by atoms with E-state index in [1.807, 2.05) is 37.3 Å². The van der Waals surface area contributed by atoms with E-state index in [9.17, 15) is 13.5 Å². The summed E-state index contributed by atoms with van der Waals surface area (Å²) in [4.78, 5) is 0. The summed E-state index contributed by atoms with van der Waals surface area (Å²) >= 11 is 0. The lowest BCUT2D eigenvalue weighted by atomic mass is 9.93. The number of rotatable bonds is 5. The molecule has 1 aliphatic rings. The summed E-state index contributed by atoms with van der Waals surface area (Å²) in [6.45, 7) is 1.91. The molecule has 1 aromatic rings. The van der Waals surface area contributed by atoms with Gasteiger partial charge in [0.2, 0.25) is 10.0 Å². The molecular weight excluding hydrogens is 274 g/mol. The summed E-state index contributed by atoms with van der Waals surface area (Å²) in [5.41, 5.74) is 1.02. The van der Waals surface area contributed by atoms with Crippen molar-refractivity contribution in [2.75, 3.05) is 5.75 Å². The maximum Gasteiger partial charge on any atom is 0.212 e. The first-order valence-corrected chi connectivity index (χ1v) is 8.86. The number of aliphatic hydroxyl groups excluding tert-OH is 1. The molecule has 1 aliphatic carbocycles. The Morgan fingerprint density at radius 1 is 1.25 bits per heavy atom. The number of aliphatic hydroxyl groups is 1. The van der Waals surface area contributed by atoms with Crippen LogP contribution in [0.1, 0.15) is 44.1 Å².